The van der Waals surface area contributed by atoms with E-state index in [9.17, 15) is 10.0 Å². The summed E-state index contributed by atoms with van der Waals surface area (Å²) in [5.74, 6) is 0. The van der Waals surface area contributed by atoms with E-state index < -0.39 is 0 Å². The quantitative estimate of drug-likeness (QED) is 0.421. The van der Waals surface area contributed by atoms with Crippen molar-refractivity contribution in [1.29, 1.82) is 0 Å². The van der Waals surface area contributed by atoms with Crippen molar-refractivity contribution >= 4 is 0 Å². The van der Waals surface area contributed by atoms with E-state index in [2.05, 4.69) is 0 Å². The Morgan fingerprint density at radius 2 is 1.42 bits per heavy atom. The van der Waals surface area contributed by atoms with Crippen LogP contribution < -0.4 is 10.3 Å². The van der Waals surface area contributed by atoms with Gasteiger partial charge in [-0.15, -0.1) is 0 Å². The van der Waals surface area contributed by atoms with Gasteiger partial charge in [0.2, 0.25) is 5.69 Å². The molecule has 2 heterocycles. The number of nitrogens with zero attached hydrogens (tertiary/aromatic N) is 2. The molecule has 4 rings (SSSR count). The van der Waals surface area contributed by atoms with Crippen LogP contribution in [0.1, 0.15) is 0 Å². The number of benzene rings is 2. The van der Waals surface area contributed by atoms with Crippen LogP contribution in [0.15, 0.2) is 102 Å². The monoisotopic (exact) mass is 340 g/mol. The molecule has 0 fully saturated rings. The molecule has 0 radical (unpaired) electrons. The lowest BCUT2D eigenvalue weighted by atomic mass is 10.0. The third-order valence-electron chi connectivity index (χ3n) is 4.26. The van der Waals surface area contributed by atoms with Gasteiger partial charge in [0.15, 0.2) is 6.20 Å². The zero-order chi connectivity index (χ0) is 17.9. The fraction of sp³-hybridized carbons (Fsp3) is 0. The Hall–Kier alpha value is -3.66. The van der Waals surface area contributed by atoms with Crippen molar-refractivity contribution in [3.63, 3.8) is 0 Å². The topological polar surface area (TPSA) is 48.9 Å². The SMILES string of the molecule is O=c1c(-c2ccccc2)cc(-c2cccc[n+]2[O-])cn1-c1ccccc1. The normalized spacial score (nSPS) is 10.6. The zero-order valence-electron chi connectivity index (χ0n) is 13.9. The van der Waals surface area contributed by atoms with Crippen molar-refractivity contribution < 1.29 is 4.73 Å². The van der Waals surface area contributed by atoms with Gasteiger partial charge in [0.1, 0.15) is 0 Å². The molecular formula is C22H16N2O2. The molecule has 0 aliphatic carbocycles. The van der Waals surface area contributed by atoms with Gasteiger partial charge in [0.25, 0.3) is 5.56 Å². The van der Waals surface area contributed by atoms with Crippen LogP contribution in [0.2, 0.25) is 0 Å². The molecule has 0 bridgehead atoms. The Kier molecular flexibility index (Phi) is 4.07. The van der Waals surface area contributed by atoms with Gasteiger partial charge in [-0.25, -0.2) is 0 Å². The highest BCUT2D eigenvalue weighted by Crippen LogP contribution is 2.23. The van der Waals surface area contributed by atoms with Gasteiger partial charge >= 0.3 is 0 Å². The minimum absolute atomic E-state index is 0.125. The summed E-state index contributed by atoms with van der Waals surface area (Å²) in [6, 6.07) is 25.9. The first-order valence-corrected chi connectivity index (χ1v) is 8.30. The fourth-order valence-corrected chi connectivity index (χ4v) is 2.98. The predicted octanol–water partition coefficient (Wildman–Crippen LogP) is 3.80. The molecule has 0 saturated heterocycles. The number of rotatable bonds is 3. The van der Waals surface area contributed by atoms with E-state index in [1.165, 1.54) is 6.20 Å². The number of hydrogen-bond acceptors (Lipinski definition) is 2. The molecular weight excluding hydrogens is 324 g/mol. The Labute approximate surface area is 150 Å². The number of hydrogen-bond donors (Lipinski definition) is 0. The molecule has 2 aromatic heterocycles. The third kappa shape index (κ3) is 2.89. The summed E-state index contributed by atoms with van der Waals surface area (Å²) in [5.41, 5.74) is 3.18. The van der Waals surface area contributed by atoms with Crippen molar-refractivity contribution in [1.82, 2.24) is 4.57 Å². The Bertz CT molecular complexity index is 1040. The molecule has 0 spiro atoms. The largest absolute Gasteiger partial charge is 0.618 e. The van der Waals surface area contributed by atoms with Crippen LogP contribution in [0.5, 0.6) is 0 Å². The Balaban J connectivity index is 2.02. The fourth-order valence-electron chi connectivity index (χ4n) is 2.98. The third-order valence-corrected chi connectivity index (χ3v) is 4.26. The second kappa shape index (κ2) is 6.69. The first-order valence-electron chi connectivity index (χ1n) is 8.30. The summed E-state index contributed by atoms with van der Waals surface area (Å²) < 4.78 is 2.40. The highest BCUT2D eigenvalue weighted by molar-refractivity contribution is 5.70. The lowest BCUT2D eigenvalue weighted by Crippen LogP contribution is -2.29. The van der Waals surface area contributed by atoms with Crippen molar-refractivity contribution in [3.05, 3.63) is 113 Å². The second-order valence-corrected chi connectivity index (χ2v) is 5.93. The molecule has 0 N–H and O–H groups in total. The van der Waals surface area contributed by atoms with Gasteiger partial charge in [-0.2, -0.15) is 4.73 Å². The van der Waals surface area contributed by atoms with E-state index in [1.807, 2.05) is 66.7 Å². The van der Waals surface area contributed by atoms with E-state index >= 15 is 0 Å². The molecule has 4 aromatic rings. The zero-order valence-corrected chi connectivity index (χ0v) is 13.9. The summed E-state index contributed by atoms with van der Waals surface area (Å²) in [6.45, 7) is 0. The van der Waals surface area contributed by atoms with Crippen LogP contribution in [0.4, 0.5) is 0 Å². The Morgan fingerprint density at radius 1 is 0.769 bits per heavy atom. The average molecular weight is 340 g/mol. The van der Waals surface area contributed by atoms with E-state index in [0.717, 1.165) is 16.0 Å². The van der Waals surface area contributed by atoms with Crippen molar-refractivity contribution in [2.75, 3.05) is 0 Å². The van der Waals surface area contributed by atoms with Crippen molar-refractivity contribution in [2.45, 2.75) is 0 Å². The molecule has 0 aliphatic rings. The summed E-state index contributed by atoms with van der Waals surface area (Å²) in [6.07, 6.45) is 3.17. The van der Waals surface area contributed by atoms with Gasteiger partial charge in [-0.1, -0.05) is 48.5 Å². The van der Waals surface area contributed by atoms with E-state index in [-0.39, 0.29) is 5.56 Å². The van der Waals surface area contributed by atoms with Crippen molar-refractivity contribution in [2.24, 2.45) is 0 Å². The summed E-state index contributed by atoms with van der Waals surface area (Å²) >= 11 is 0. The molecule has 0 unspecified atom stereocenters. The van der Waals surface area contributed by atoms with E-state index in [0.29, 0.717) is 16.8 Å². The van der Waals surface area contributed by atoms with E-state index in [4.69, 9.17) is 0 Å². The lowest BCUT2D eigenvalue weighted by molar-refractivity contribution is -0.593. The molecule has 0 aliphatic heterocycles. The van der Waals surface area contributed by atoms with Crippen LogP contribution in [-0.4, -0.2) is 4.57 Å². The summed E-state index contributed by atoms with van der Waals surface area (Å²) in [7, 11) is 0. The summed E-state index contributed by atoms with van der Waals surface area (Å²) in [4.78, 5) is 13.1. The lowest BCUT2D eigenvalue weighted by Gasteiger charge is -2.12. The first-order chi connectivity index (χ1) is 12.7. The second-order valence-electron chi connectivity index (χ2n) is 5.93. The minimum atomic E-state index is -0.125. The molecule has 126 valence electrons. The van der Waals surface area contributed by atoms with Gasteiger partial charge < -0.3 is 5.21 Å². The number of aromatic nitrogens is 2. The standard InChI is InChI=1S/C22H16N2O2/c25-22-20(17-9-3-1-4-10-17)15-18(21-13-7-8-14-24(21)26)16-23(22)19-11-5-2-6-12-19/h1-16H. The van der Waals surface area contributed by atoms with E-state index in [1.54, 1.807) is 29.0 Å². The molecule has 26 heavy (non-hydrogen) atoms. The number of pyridine rings is 2. The molecule has 2 aromatic carbocycles. The van der Waals surface area contributed by atoms with Crippen LogP contribution in [0, 0.1) is 5.21 Å². The maximum absolute atomic E-state index is 13.1. The highest BCUT2D eigenvalue weighted by atomic mass is 16.5. The average Bonchev–Trinajstić information content (AvgIpc) is 2.70. The van der Waals surface area contributed by atoms with Crippen LogP contribution in [-0.2, 0) is 0 Å². The summed E-state index contributed by atoms with van der Waals surface area (Å²) in [5, 5.41) is 12.2. The maximum atomic E-state index is 13.1. The molecule has 4 nitrogen and oxygen atoms in total. The molecule has 0 amide bonds. The van der Waals surface area contributed by atoms with Crippen molar-refractivity contribution in [3.8, 4) is 28.1 Å². The minimum Gasteiger partial charge on any atom is -0.618 e. The van der Waals surface area contributed by atoms with Gasteiger partial charge in [-0.3, -0.25) is 9.36 Å². The Morgan fingerprint density at radius 3 is 2.12 bits per heavy atom. The molecule has 4 heteroatoms. The van der Waals surface area contributed by atoms with Crippen LogP contribution in [0.3, 0.4) is 0 Å². The van der Waals surface area contributed by atoms with Crippen LogP contribution >= 0.6 is 0 Å². The van der Waals surface area contributed by atoms with Gasteiger partial charge in [-0.05, 0) is 29.8 Å². The number of para-hydroxylation sites is 1. The first kappa shape index (κ1) is 15.8. The smallest absolute Gasteiger partial charge is 0.262 e. The molecule has 0 atom stereocenters. The van der Waals surface area contributed by atoms with Gasteiger partial charge in [0, 0.05) is 29.6 Å². The predicted molar refractivity (Wildman–Crippen MR) is 102 cm³/mol. The molecule has 0 saturated carbocycles. The maximum Gasteiger partial charge on any atom is 0.262 e. The van der Waals surface area contributed by atoms with Gasteiger partial charge in [0.05, 0.1) is 5.56 Å². The van der Waals surface area contributed by atoms with Crippen LogP contribution in [0.25, 0.3) is 28.1 Å². The highest BCUT2D eigenvalue weighted by Gasteiger charge is 2.15.